The first kappa shape index (κ1) is 21.2. The van der Waals surface area contributed by atoms with Crippen molar-refractivity contribution in [3.8, 4) is 5.75 Å². The van der Waals surface area contributed by atoms with Gasteiger partial charge in [-0.25, -0.2) is 9.18 Å². The molecule has 0 atom stereocenters. The molecule has 0 unspecified atom stereocenters. The number of benzene rings is 2. The van der Waals surface area contributed by atoms with E-state index < -0.39 is 5.97 Å². The van der Waals surface area contributed by atoms with Crippen molar-refractivity contribution in [2.24, 2.45) is 0 Å². The van der Waals surface area contributed by atoms with E-state index in [1.54, 1.807) is 24.3 Å². The summed E-state index contributed by atoms with van der Waals surface area (Å²) in [6, 6.07) is 11.9. The standard InChI is InChI=1S/C19H19FN2O5S/c1-26-19(25)10-27-16-8-6-15(7-9-16)22-18(24)12-28-11-17(23)21-14-4-2-13(20)3-5-14/h2-9H,10-12H2,1H3,(H,21,23)(H,22,24). The van der Waals surface area contributed by atoms with Gasteiger partial charge in [0.05, 0.1) is 18.6 Å². The number of esters is 1. The van der Waals surface area contributed by atoms with E-state index >= 15 is 0 Å². The number of amides is 2. The van der Waals surface area contributed by atoms with Gasteiger partial charge in [-0.05, 0) is 48.5 Å². The number of hydrogen-bond donors (Lipinski definition) is 2. The first-order valence-electron chi connectivity index (χ1n) is 8.19. The normalized spacial score (nSPS) is 10.1. The highest BCUT2D eigenvalue weighted by Gasteiger charge is 2.07. The Labute approximate surface area is 165 Å². The summed E-state index contributed by atoms with van der Waals surface area (Å²) < 4.78 is 22.5. The summed E-state index contributed by atoms with van der Waals surface area (Å²) in [5.41, 5.74) is 1.05. The van der Waals surface area contributed by atoms with Crippen molar-refractivity contribution in [2.45, 2.75) is 0 Å². The first-order valence-corrected chi connectivity index (χ1v) is 9.34. The minimum Gasteiger partial charge on any atom is -0.482 e. The van der Waals surface area contributed by atoms with Gasteiger partial charge in [0, 0.05) is 11.4 Å². The predicted octanol–water partition coefficient (Wildman–Crippen LogP) is 2.69. The number of methoxy groups -OCH3 is 1. The van der Waals surface area contributed by atoms with Crippen LogP contribution in [0.1, 0.15) is 0 Å². The van der Waals surface area contributed by atoms with E-state index in [0.717, 1.165) is 11.8 Å². The van der Waals surface area contributed by atoms with E-state index in [2.05, 4.69) is 15.4 Å². The summed E-state index contributed by atoms with van der Waals surface area (Å²) in [6.07, 6.45) is 0. The number of rotatable bonds is 9. The average Bonchev–Trinajstić information content (AvgIpc) is 2.69. The molecule has 0 fully saturated rings. The quantitative estimate of drug-likeness (QED) is 0.622. The minimum absolute atomic E-state index is 0.0884. The third-order valence-corrected chi connectivity index (χ3v) is 4.25. The molecule has 0 saturated carbocycles. The zero-order valence-corrected chi connectivity index (χ0v) is 15.9. The number of ether oxygens (including phenoxy) is 2. The van der Waals surface area contributed by atoms with E-state index in [0.29, 0.717) is 17.1 Å². The fraction of sp³-hybridized carbons (Fsp3) is 0.211. The fourth-order valence-corrected chi connectivity index (χ4v) is 2.62. The van der Waals surface area contributed by atoms with Crippen molar-refractivity contribution < 1.29 is 28.2 Å². The molecule has 2 aromatic rings. The third-order valence-electron chi connectivity index (χ3n) is 3.32. The molecule has 7 nitrogen and oxygen atoms in total. The first-order chi connectivity index (χ1) is 13.5. The topological polar surface area (TPSA) is 93.7 Å². The number of carbonyl (C=O) groups excluding carboxylic acids is 3. The van der Waals surface area contributed by atoms with Gasteiger partial charge in [-0.15, -0.1) is 11.8 Å². The second-order valence-electron chi connectivity index (χ2n) is 5.49. The smallest absolute Gasteiger partial charge is 0.343 e. The maximum absolute atomic E-state index is 12.8. The zero-order chi connectivity index (χ0) is 20.4. The van der Waals surface area contributed by atoms with E-state index in [1.807, 2.05) is 0 Å². The molecule has 9 heteroatoms. The molecule has 0 aliphatic rings. The molecule has 0 aliphatic carbocycles. The molecule has 0 aromatic heterocycles. The Kier molecular flexibility index (Phi) is 8.29. The van der Waals surface area contributed by atoms with Crippen LogP contribution in [0.15, 0.2) is 48.5 Å². The van der Waals surface area contributed by atoms with Gasteiger partial charge < -0.3 is 20.1 Å². The summed E-state index contributed by atoms with van der Waals surface area (Å²) in [5.74, 6) is -0.762. The number of hydrogen-bond acceptors (Lipinski definition) is 6. The molecule has 0 heterocycles. The molecular weight excluding hydrogens is 387 g/mol. The van der Waals surface area contributed by atoms with Gasteiger partial charge in [0.25, 0.3) is 0 Å². The lowest BCUT2D eigenvalue weighted by Crippen LogP contribution is -2.18. The Morgan fingerprint density at radius 2 is 1.39 bits per heavy atom. The summed E-state index contributed by atoms with van der Waals surface area (Å²) in [6.45, 7) is -0.196. The second kappa shape index (κ2) is 10.9. The molecule has 0 bridgehead atoms. The summed E-state index contributed by atoms with van der Waals surface area (Å²) in [4.78, 5) is 34.7. The summed E-state index contributed by atoms with van der Waals surface area (Å²) >= 11 is 1.15. The molecule has 0 radical (unpaired) electrons. The summed E-state index contributed by atoms with van der Waals surface area (Å²) in [5, 5.41) is 5.31. The number of carbonyl (C=O) groups is 3. The second-order valence-corrected chi connectivity index (χ2v) is 6.47. The number of halogens is 1. The Bertz CT molecular complexity index is 812. The van der Waals surface area contributed by atoms with Crippen molar-refractivity contribution in [1.82, 2.24) is 0 Å². The molecule has 28 heavy (non-hydrogen) atoms. The van der Waals surface area contributed by atoms with Crippen molar-refractivity contribution in [3.63, 3.8) is 0 Å². The Morgan fingerprint density at radius 3 is 1.89 bits per heavy atom. The highest BCUT2D eigenvalue weighted by atomic mass is 32.2. The highest BCUT2D eigenvalue weighted by molar-refractivity contribution is 8.00. The Morgan fingerprint density at radius 1 is 0.893 bits per heavy atom. The van der Waals surface area contributed by atoms with Crippen LogP contribution in [0.25, 0.3) is 0 Å². The van der Waals surface area contributed by atoms with Crippen molar-refractivity contribution in [1.29, 1.82) is 0 Å². The van der Waals surface area contributed by atoms with Gasteiger partial charge in [0.2, 0.25) is 11.8 Å². The summed E-state index contributed by atoms with van der Waals surface area (Å²) in [7, 11) is 1.27. The van der Waals surface area contributed by atoms with E-state index in [-0.39, 0.29) is 35.7 Å². The van der Waals surface area contributed by atoms with Crippen LogP contribution in [0.2, 0.25) is 0 Å². The SMILES string of the molecule is COC(=O)COc1ccc(NC(=O)CSCC(=O)Nc2ccc(F)cc2)cc1. The Balaban J connectivity index is 1.68. The van der Waals surface area contributed by atoms with Crippen LogP contribution >= 0.6 is 11.8 Å². The number of anilines is 2. The predicted molar refractivity (Wildman–Crippen MR) is 105 cm³/mol. The van der Waals surface area contributed by atoms with Crippen LogP contribution in [0.5, 0.6) is 5.75 Å². The van der Waals surface area contributed by atoms with E-state index in [4.69, 9.17) is 4.74 Å². The molecule has 0 aliphatic heterocycles. The molecule has 148 valence electrons. The average molecular weight is 406 g/mol. The largest absolute Gasteiger partial charge is 0.482 e. The van der Waals surface area contributed by atoms with Crippen molar-refractivity contribution in [3.05, 3.63) is 54.3 Å². The fourth-order valence-electron chi connectivity index (χ4n) is 2.00. The molecule has 0 spiro atoms. The van der Waals surface area contributed by atoms with Crippen LogP contribution in [-0.2, 0) is 19.1 Å². The maximum atomic E-state index is 12.8. The van der Waals surface area contributed by atoms with Crippen LogP contribution < -0.4 is 15.4 Å². The zero-order valence-electron chi connectivity index (χ0n) is 15.1. The molecule has 0 saturated heterocycles. The van der Waals surface area contributed by atoms with Crippen molar-refractivity contribution in [2.75, 3.05) is 35.9 Å². The van der Waals surface area contributed by atoms with Gasteiger partial charge in [-0.2, -0.15) is 0 Å². The van der Waals surface area contributed by atoms with E-state index in [1.165, 1.54) is 31.4 Å². The van der Waals surface area contributed by atoms with Crippen LogP contribution in [-0.4, -0.2) is 43.0 Å². The molecular formula is C19H19FN2O5S. The molecule has 2 aromatic carbocycles. The number of nitrogens with one attached hydrogen (secondary N) is 2. The van der Waals surface area contributed by atoms with Crippen molar-refractivity contribution >= 4 is 40.9 Å². The number of thioether (sulfide) groups is 1. The van der Waals surface area contributed by atoms with Gasteiger partial charge in [-0.3, -0.25) is 9.59 Å². The van der Waals surface area contributed by atoms with Gasteiger partial charge >= 0.3 is 5.97 Å². The molecule has 2 amide bonds. The van der Waals surface area contributed by atoms with E-state index in [9.17, 15) is 18.8 Å². The molecule has 2 rings (SSSR count). The van der Waals surface area contributed by atoms with Gasteiger partial charge in [0.15, 0.2) is 6.61 Å². The van der Waals surface area contributed by atoms with Gasteiger partial charge in [0.1, 0.15) is 11.6 Å². The molecule has 2 N–H and O–H groups in total. The van der Waals surface area contributed by atoms with Gasteiger partial charge in [-0.1, -0.05) is 0 Å². The lowest BCUT2D eigenvalue weighted by atomic mass is 10.3. The van der Waals surface area contributed by atoms with Crippen LogP contribution in [0.4, 0.5) is 15.8 Å². The third kappa shape index (κ3) is 7.67. The lowest BCUT2D eigenvalue weighted by Gasteiger charge is -2.08. The maximum Gasteiger partial charge on any atom is 0.343 e. The van der Waals surface area contributed by atoms with Crippen LogP contribution in [0.3, 0.4) is 0 Å². The van der Waals surface area contributed by atoms with Crippen LogP contribution in [0, 0.1) is 5.82 Å². The monoisotopic (exact) mass is 406 g/mol. The highest BCUT2D eigenvalue weighted by Crippen LogP contribution is 2.16. The lowest BCUT2D eigenvalue weighted by molar-refractivity contribution is -0.142. The Hall–Kier alpha value is -3.07. The minimum atomic E-state index is -0.488.